The van der Waals surface area contributed by atoms with E-state index >= 15 is 0 Å². The maximum absolute atomic E-state index is 5.32. The highest BCUT2D eigenvalue weighted by molar-refractivity contribution is 8.00. The third-order valence-corrected chi connectivity index (χ3v) is 1.26. The molecule has 3 N–H and O–H groups in total. The van der Waals surface area contributed by atoms with Crippen molar-refractivity contribution in [1.29, 1.82) is 0 Å². The molecule has 0 aliphatic carbocycles. The van der Waals surface area contributed by atoms with Crippen LogP contribution in [0, 0.1) is 0 Å². The zero-order valence-electron chi connectivity index (χ0n) is 3.22. The molecular weight excluding hydrogens is 96.1 g/mol. The van der Waals surface area contributed by atoms with E-state index in [9.17, 15) is 0 Å². The lowest BCUT2D eigenvalue weighted by Gasteiger charge is -1.93. The van der Waals surface area contributed by atoms with Gasteiger partial charge in [-0.1, -0.05) is 11.9 Å². The predicted molar refractivity (Wildman–Crippen MR) is 27.8 cm³/mol. The molecule has 1 atom stereocenters. The fourth-order valence-corrected chi connectivity index (χ4v) is 0.843. The van der Waals surface area contributed by atoms with Crippen LogP contribution in [0.3, 0.4) is 0 Å². The van der Waals surface area contributed by atoms with Gasteiger partial charge in [0.15, 0.2) is 0 Å². The topological polar surface area (TPSA) is 38.0 Å². The van der Waals surface area contributed by atoms with E-state index in [0.29, 0.717) is 0 Å². The van der Waals surface area contributed by atoms with Crippen molar-refractivity contribution in [2.24, 2.45) is 5.73 Å². The highest BCUT2D eigenvalue weighted by atomic mass is 32.2. The molecule has 1 aliphatic rings. The first-order chi connectivity index (χ1) is 2.89. The largest absolute Gasteiger partial charge is 0.312 e. The van der Waals surface area contributed by atoms with Gasteiger partial charge in [-0.2, -0.15) is 0 Å². The molecular formula is C3H6N2S. The molecule has 0 aromatic heterocycles. The van der Waals surface area contributed by atoms with Gasteiger partial charge in [0.2, 0.25) is 0 Å². The lowest BCUT2D eigenvalue weighted by molar-refractivity contribution is 0.824. The highest BCUT2D eigenvalue weighted by Gasteiger charge is 1.97. The molecule has 2 nitrogen and oxygen atoms in total. The van der Waals surface area contributed by atoms with E-state index in [4.69, 9.17) is 5.73 Å². The molecule has 0 radical (unpaired) electrons. The van der Waals surface area contributed by atoms with Crippen LogP contribution in [-0.2, 0) is 0 Å². The second-order valence-electron chi connectivity index (χ2n) is 1.09. The molecule has 0 aromatic rings. The summed E-state index contributed by atoms with van der Waals surface area (Å²) < 4.78 is 2.90. The summed E-state index contributed by atoms with van der Waals surface area (Å²) in [6.07, 6.45) is 1.99. The van der Waals surface area contributed by atoms with Crippen molar-refractivity contribution >= 4 is 11.9 Å². The number of rotatable bonds is 0. The zero-order chi connectivity index (χ0) is 4.41. The second kappa shape index (κ2) is 1.64. The Hall–Kier alpha value is 0.01000. The van der Waals surface area contributed by atoms with Crippen molar-refractivity contribution in [3.05, 3.63) is 11.5 Å². The van der Waals surface area contributed by atoms with Crippen LogP contribution in [0.25, 0.3) is 0 Å². The van der Waals surface area contributed by atoms with Crippen LogP contribution in [0.4, 0.5) is 0 Å². The van der Waals surface area contributed by atoms with Crippen molar-refractivity contribution in [3.8, 4) is 0 Å². The van der Waals surface area contributed by atoms with E-state index < -0.39 is 0 Å². The minimum absolute atomic E-state index is 0.0787. The maximum atomic E-state index is 5.32. The Morgan fingerprint density at radius 1 is 1.83 bits per heavy atom. The molecule has 3 heteroatoms. The average molecular weight is 102 g/mol. The number of hydrogen-bond acceptors (Lipinski definition) is 3. The second-order valence-corrected chi connectivity index (χ2v) is 1.83. The van der Waals surface area contributed by atoms with Crippen molar-refractivity contribution < 1.29 is 0 Å². The molecule has 1 rings (SSSR count). The Morgan fingerprint density at radius 3 is 2.83 bits per heavy atom. The van der Waals surface area contributed by atoms with Crippen molar-refractivity contribution in [2.75, 3.05) is 0 Å². The summed E-state index contributed by atoms with van der Waals surface area (Å²) in [6, 6.07) is 0. The summed E-state index contributed by atoms with van der Waals surface area (Å²) in [6.45, 7) is 0. The van der Waals surface area contributed by atoms with Gasteiger partial charge in [-0.25, -0.2) is 4.72 Å². The molecule has 0 saturated carbocycles. The number of nitrogens with two attached hydrogens (primary N) is 1. The summed E-state index contributed by atoms with van der Waals surface area (Å²) in [5.74, 6) is 0. The first-order valence-electron chi connectivity index (χ1n) is 1.73. The van der Waals surface area contributed by atoms with Gasteiger partial charge in [0.05, 0.1) is 6.17 Å². The van der Waals surface area contributed by atoms with E-state index in [-0.39, 0.29) is 6.17 Å². The number of hydrogen-bond donors (Lipinski definition) is 2. The normalized spacial score (nSPS) is 31.8. The monoisotopic (exact) mass is 102 g/mol. The third kappa shape index (κ3) is 0.739. The van der Waals surface area contributed by atoms with Crippen molar-refractivity contribution in [2.45, 2.75) is 6.17 Å². The zero-order valence-corrected chi connectivity index (χ0v) is 4.03. The van der Waals surface area contributed by atoms with Crippen LogP contribution >= 0.6 is 11.9 Å². The first kappa shape index (κ1) is 4.18. The van der Waals surface area contributed by atoms with Crippen molar-refractivity contribution in [1.82, 2.24) is 4.72 Å². The van der Waals surface area contributed by atoms with Crippen LogP contribution < -0.4 is 10.5 Å². The average Bonchev–Trinajstić information content (AvgIpc) is 1.86. The lowest BCUT2D eigenvalue weighted by Crippen LogP contribution is -2.26. The van der Waals surface area contributed by atoms with E-state index in [1.54, 1.807) is 0 Å². The van der Waals surface area contributed by atoms with E-state index in [2.05, 4.69) is 4.72 Å². The molecule has 0 saturated heterocycles. The molecule has 0 aromatic carbocycles. The summed E-state index contributed by atoms with van der Waals surface area (Å²) in [5, 5.41) is 1.94. The maximum Gasteiger partial charge on any atom is 0.0842 e. The van der Waals surface area contributed by atoms with E-state index in [1.807, 2.05) is 11.5 Å². The Bertz CT molecular complexity index is 71.2. The smallest absolute Gasteiger partial charge is 0.0842 e. The van der Waals surface area contributed by atoms with Gasteiger partial charge in [-0.05, 0) is 11.5 Å². The van der Waals surface area contributed by atoms with Crippen molar-refractivity contribution in [3.63, 3.8) is 0 Å². The number of nitrogens with one attached hydrogen (secondary N) is 1. The molecule has 34 valence electrons. The van der Waals surface area contributed by atoms with Gasteiger partial charge >= 0.3 is 0 Å². The molecule has 0 bridgehead atoms. The highest BCUT2D eigenvalue weighted by Crippen LogP contribution is 2.03. The molecule has 0 spiro atoms. The minimum atomic E-state index is 0.0787. The van der Waals surface area contributed by atoms with Crippen LogP contribution in [0.15, 0.2) is 11.5 Å². The van der Waals surface area contributed by atoms with E-state index in [0.717, 1.165) is 0 Å². The van der Waals surface area contributed by atoms with Gasteiger partial charge in [-0.3, -0.25) is 0 Å². The summed E-state index contributed by atoms with van der Waals surface area (Å²) in [7, 11) is 0. The Morgan fingerprint density at radius 2 is 2.67 bits per heavy atom. The summed E-state index contributed by atoms with van der Waals surface area (Å²) in [5.41, 5.74) is 5.32. The fourth-order valence-electron chi connectivity index (χ4n) is 0.281. The summed E-state index contributed by atoms with van der Waals surface area (Å²) in [4.78, 5) is 0. The van der Waals surface area contributed by atoms with Crippen LogP contribution in [0.1, 0.15) is 0 Å². The summed E-state index contributed by atoms with van der Waals surface area (Å²) >= 11 is 1.53. The lowest BCUT2D eigenvalue weighted by atomic mass is 10.5. The molecule has 6 heavy (non-hydrogen) atoms. The minimum Gasteiger partial charge on any atom is -0.312 e. The standard InChI is InChI=1S/C3H6N2S/c4-3-1-2-6-5-3/h1-3,5H,4H2. The Balaban J connectivity index is 2.38. The van der Waals surface area contributed by atoms with Crippen LogP contribution in [0.2, 0.25) is 0 Å². The molecule has 1 aliphatic heterocycles. The Labute approximate surface area is 40.9 Å². The van der Waals surface area contributed by atoms with Crippen LogP contribution in [0.5, 0.6) is 0 Å². The van der Waals surface area contributed by atoms with Gasteiger partial charge < -0.3 is 5.73 Å². The van der Waals surface area contributed by atoms with E-state index in [1.165, 1.54) is 11.9 Å². The van der Waals surface area contributed by atoms with Gasteiger partial charge in [0.1, 0.15) is 0 Å². The van der Waals surface area contributed by atoms with Gasteiger partial charge in [-0.15, -0.1) is 0 Å². The predicted octanol–water partition coefficient (Wildman–Crippen LogP) is 0.0363. The third-order valence-electron chi connectivity index (χ3n) is 0.558. The quantitative estimate of drug-likeness (QED) is 0.424. The SMILES string of the molecule is NC1C=CSN1. The molecule has 1 unspecified atom stereocenters. The van der Waals surface area contributed by atoms with Gasteiger partial charge in [0.25, 0.3) is 0 Å². The molecule has 0 fully saturated rings. The molecule has 1 heterocycles. The molecule has 0 amide bonds. The first-order valence-corrected chi connectivity index (χ1v) is 2.61. The van der Waals surface area contributed by atoms with Crippen LogP contribution in [-0.4, -0.2) is 6.17 Å². The fraction of sp³-hybridized carbons (Fsp3) is 0.333. The Kier molecular flexibility index (Phi) is 1.14. The van der Waals surface area contributed by atoms with Gasteiger partial charge in [0, 0.05) is 0 Å².